The van der Waals surface area contributed by atoms with Crippen molar-refractivity contribution in [2.45, 2.75) is 32.0 Å². The monoisotopic (exact) mass is 271 g/mol. The largest absolute Gasteiger partial charge is 0.369 e. The van der Waals surface area contributed by atoms with Crippen LogP contribution in [0.5, 0.6) is 0 Å². The summed E-state index contributed by atoms with van der Waals surface area (Å²) in [7, 11) is 4.04. The lowest BCUT2D eigenvalue weighted by atomic mass is 10.2. The molecule has 106 valence electrons. The molecule has 3 rings (SSSR count). The van der Waals surface area contributed by atoms with Crippen molar-refractivity contribution in [2.24, 2.45) is 7.05 Å². The fraction of sp³-hybridized carbons (Fsp3) is 0.467. The van der Waals surface area contributed by atoms with Crippen LogP contribution in [0, 0.1) is 0 Å². The van der Waals surface area contributed by atoms with Crippen LogP contribution < -0.4 is 10.2 Å². The highest BCUT2D eigenvalue weighted by molar-refractivity contribution is 5.51. The zero-order chi connectivity index (χ0) is 13.9. The third-order valence-electron chi connectivity index (χ3n) is 3.64. The summed E-state index contributed by atoms with van der Waals surface area (Å²) >= 11 is 0. The van der Waals surface area contributed by atoms with E-state index < -0.39 is 0 Å². The van der Waals surface area contributed by atoms with Crippen LogP contribution >= 0.6 is 0 Å². The summed E-state index contributed by atoms with van der Waals surface area (Å²) in [6, 6.07) is 2.82. The molecular formula is C15H21N5. The van der Waals surface area contributed by atoms with E-state index in [4.69, 9.17) is 0 Å². The van der Waals surface area contributed by atoms with E-state index in [1.165, 1.54) is 29.7 Å². The number of hydrogen-bond donors (Lipinski definition) is 1. The Hall–Kier alpha value is -1.88. The minimum Gasteiger partial charge on any atom is -0.369 e. The van der Waals surface area contributed by atoms with Gasteiger partial charge in [-0.25, -0.2) is 0 Å². The number of aromatic nitrogens is 3. The molecule has 2 heterocycles. The summed E-state index contributed by atoms with van der Waals surface area (Å²) in [5, 5.41) is 7.78. The molecule has 1 fully saturated rings. The fourth-order valence-electron chi connectivity index (χ4n) is 2.36. The van der Waals surface area contributed by atoms with E-state index in [2.05, 4.69) is 39.6 Å². The molecule has 0 amide bonds. The molecule has 0 aromatic carbocycles. The smallest absolute Gasteiger partial charge is 0.0598 e. The molecule has 0 atom stereocenters. The molecule has 1 aliphatic rings. The van der Waals surface area contributed by atoms with Crippen molar-refractivity contribution in [2.75, 3.05) is 11.9 Å². The van der Waals surface area contributed by atoms with Crippen LogP contribution in [0.2, 0.25) is 0 Å². The van der Waals surface area contributed by atoms with Crippen molar-refractivity contribution in [3.8, 4) is 0 Å². The Labute approximate surface area is 119 Å². The van der Waals surface area contributed by atoms with Crippen LogP contribution in [0.4, 0.5) is 5.69 Å². The topological polar surface area (TPSA) is 46.0 Å². The van der Waals surface area contributed by atoms with Crippen molar-refractivity contribution in [3.63, 3.8) is 0 Å². The molecule has 1 N–H and O–H groups in total. The summed E-state index contributed by atoms with van der Waals surface area (Å²) in [6.45, 7) is 1.76. The number of anilines is 1. The number of nitrogens with zero attached hydrogens (tertiary/aromatic N) is 4. The number of pyridine rings is 1. The maximum atomic E-state index is 4.27. The first kappa shape index (κ1) is 13.1. The van der Waals surface area contributed by atoms with Crippen LogP contribution in [-0.2, 0) is 20.1 Å². The maximum absolute atomic E-state index is 4.27. The van der Waals surface area contributed by atoms with Crippen LogP contribution in [0.1, 0.15) is 24.0 Å². The predicted molar refractivity (Wildman–Crippen MR) is 79.4 cm³/mol. The van der Waals surface area contributed by atoms with Gasteiger partial charge in [-0.15, -0.1) is 0 Å². The van der Waals surface area contributed by atoms with Crippen molar-refractivity contribution < 1.29 is 0 Å². The van der Waals surface area contributed by atoms with Gasteiger partial charge in [0.25, 0.3) is 0 Å². The molecule has 1 saturated carbocycles. The molecule has 2 aromatic heterocycles. The average molecular weight is 271 g/mol. The van der Waals surface area contributed by atoms with Gasteiger partial charge in [0.2, 0.25) is 0 Å². The Morgan fingerprint density at radius 2 is 2.25 bits per heavy atom. The maximum Gasteiger partial charge on any atom is 0.0598 e. The van der Waals surface area contributed by atoms with E-state index in [0.717, 1.165) is 19.1 Å². The van der Waals surface area contributed by atoms with E-state index in [-0.39, 0.29) is 0 Å². The Bertz CT molecular complexity index is 573. The number of aryl methyl sites for hydroxylation is 1. The van der Waals surface area contributed by atoms with E-state index >= 15 is 0 Å². The van der Waals surface area contributed by atoms with E-state index in [9.17, 15) is 0 Å². The van der Waals surface area contributed by atoms with Gasteiger partial charge < -0.3 is 10.2 Å². The van der Waals surface area contributed by atoms with Crippen LogP contribution in [0.3, 0.4) is 0 Å². The molecule has 5 heteroatoms. The predicted octanol–water partition coefficient (Wildman–Crippen LogP) is 1.70. The van der Waals surface area contributed by atoms with Crippen molar-refractivity contribution in [1.82, 2.24) is 20.1 Å². The van der Waals surface area contributed by atoms with E-state index in [1.807, 2.05) is 30.3 Å². The van der Waals surface area contributed by atoms with Crippen LogP contribution in [0.15, 0.2) is 30.9 Å². The molecule has 0 spiro atoms. The van der Waals surface area contributed by atoms with Gasteiger partial charge in [-0.05, 0) is 24.5 Å². The highest BCUT2D eigenvalue weighted by atomic mass is 15.2. The first-order valence-electron chi connectivity index (χ1n) is 7.07. The number of hydrogen-bond acceptors (Lipinski definition) is 4. The molecule has 0 bridgehead atoms. The van der Waals surface area contributed by atoms with E-state index in [1.54, 1.807) is 0 Å². The van der Waals surface area contributed by atoms with Gasteiger partial charge in [-0.3, -0.25) is 9.67 Å². The Morgan fingerprint density at radius 3 is 2.95 bits per heavy atom. The summed E-state index contributed by atoms with van der Waals surface area (Å²) in [5.74, 6) is 0. The van der Waals surface area contributed by atoms with Gasteiger partial charge in [0, 0.05) is 51.2 Å². The first-order chi connectivity index (χ1) is 9.72. The first-order valence-corrected chi connectivity index (χ1v) is 7.07. The summed E-state index contributed by atoms with van der Waals surface area (Å²) in [6.07, 6.45) is 10.4. The summed E-state index contributed by atoms with van der Waals surface area (Å²) in [5.41, 5.74) is 3.70. The van der Waals surface area contributed by atoms with Gasteiger partial charge in [-0.2, -0.15) is 5.10 Å². The fourth-order valence-corrected chi connectivity index (χ4v) is 2.36. The summed E-state index contributed by atoms with van der Waals surface area (Å²) < 4.78 is 1.84. The van der Waals surface area contributed by atoms with Gasteiger partial charge >= 0.3 is 0 Å². The number of rotatable bonds is 6. The second kappa shape index (κ2) is 5.63. The molecular weight excluding hydrogens is 250 g/mol. The Kier molecular flexibility index (Phi) is 3.69. The SMILES string of the molecule is CN(Cc1cnn(C)c1)c1cnccc1CNC1CC1. The lowest BCUT2D eigenvalue weighted by Crippen LogP contribution is -2.21. The van der Waals surface area contributed by atoms with Crippen LogP contribution in [0.25, 0.3) is 0 Å². The standard InChI is InChI=1S/C15H21N5/c1-19(10-12-7-18-20(2)11-12)15-9-16-6-5-13(15)8-17-14-3-4-14/h5-7,9,11,14,17H,3-4,8,10H2,1-2H3. The minimum atomic E-state index is 0.722. The minimum absolute atomic E-state index is 0.722. The highest BCUT2D eigenvalue weighted by Crippen LogP contribution is 2.23. The van der Waals surface area contributed by atoms with E-state index in [0.29, 0.717) is 0 Å². The van der Waals surface area contributed by atoms with Crippen LogP contribution in [-0.4, -0.2) is 27.9 Å². The zero-order valence-corrected chi connectivity index (χ0v) is 12.1. The van der Waals surface area contributed by atoms with Crippen molar-refractivity contribution in [3.05, 3.63) is 42.0 Å². The molecule has 20 heavy (non-hydrogen) atoms. The lowest BCUT2D eigenvalue weighted by molar-refractivity contribution is 0.684. The second-order valence-electron chi connectivity index (χ2n) is 5.54. The normalized spacial score (nSPS) is 14.5. The Balaban J connectivity index is 1.70. The third kappa shape index (κ3) is 3.17. The molecule has 5 nitrogen and oxygen atoms in total. The van der Waals surface area contributed by atoms with Gasteiger partial charge in [0.1, 0.15) is 0 Å². The zero-order valence-electron chi connectivity index (χ0n) is 12.1. The molecule has 1 aliphatic carbocycles. The average Bonchev–Trinajstić information content (AvgIpc) is 3.19. The van der Waals surface area contributed by atoms with Gasteiger partial charge in [-0.1, -0.05) is 0 Å². The quantitative estimate of drug-likeness (QED) is 0.868. The highest BCUT2D eigenvalue weighted by Gasteiger charge is 2.20. The molecule has 0 saturated heterocycles. The molecule has 0 unspecified atom stereocenters. The van der Waals surface area contributed by atoms with Crippen molar-refractivity contribution in [1.29, 1.82) is 0 Å². The molecule has 0 aliphatic heterocycles. The molecule has 0 radical (unpaired) electrons. The van der Waals surface area contributed by atoms with Gasteiger partial charge in [0.05, 0.1) is 18.1 Å². The van der Waals surface area contributed by atoms with Crippen molar-refractivity contribution >= 4 is 5.69 Å². The van der Waals surface area contributed by atoms with Gasteiger partial charge in [0.15, 0.2) is 0 Å². The number of nitrogens with one attached hydrogen (secondary N) is 1. The third-order valence-corrected chi connectivity index (χ3v) is 3.64. The molecule has 2 aromatic rings. The Morgan fingerprint density at radius 1 is 1.40 bits per heavy atom. The summed E-state index contributed by atoms with van der Waals surface area (Å²) in [4.78, 5) is 6.50. The lowest BCUT2D eigenvalue weighted by Gasteiger charge is -2.21. The second-order valence-corrected chi connectivity index (χ2v) is 5.54.